The molecule has 2 atom stereocenters. The molecule has 2 unspecified atom stereocenters. The minimum absolute atomic E-state index is 0.132. The van der Waals surface area contributed by atoms with Crippen LogP contribution in [-0.2, 0) is 0 Å². The number of piperidine rings is 1. The Balaban J connectivity index is 1.59. The van der Waals surface area contributed by atoms with E-state index < -0.39 is 0 Å². The molecule has 0 radical (unpaired) electrons. The predicted octanol–water partition coefficient (Wildman–Crippen LogP) is 5.57. The smallest absolute Gasteiger partial charge is 0.167 e. The lowest BCUT2D eigenvalue weighted by molar-refractivity contribution is 0.0365. The van der Waals surface area contributed by atoms with Crippen LogP contribution in [0.3, 0.4) is 0 Å². The molecule has 0 spiro atoms. The number of nitrogens with zero attached hydrogens (tertiary/aromatic N) is 1. The van der Waals surface area contributed by atoms with Gasteiger partial charge in [0.2, 0.25) is 0 Å². The summed E-state index contributed by atoms with van der Waals surface area (Å²) in [5.41, 5.74) is 0.867. The van der Waals surface area contributed by atoms with Crippen LogP contribution >= 0.6 is 0 Å². The van der Waals surface area contributed by atoms with Gasteiger partial charge in [-0.1, -0.05) is 38.5 Å². The first-order valence-electron chi connectivity index (χ1n) is 10.9. The number of Topliss-reactive ketones (excluding diaryl/α,β-unsaturated/α-hetero) is 1. The number of hydrogen-bond donors (Lipinski definition) is 0. The first kappa shape index (κ1) is 19.4. The number of rotatable bonds is 6. The molecule has 1 aliphatic heterocycles. The molecule has 0 amide bonds. The van der Waals surface area contributed by atoms with E-state index in [0.717, 1.165) is 47.5 Å². The Morgan fingerprint density at radius 3 is 2.54 bits per heavy atom. The maximum atomic E-state index is 13.6. The van der Waals surface area contributed by atoms with Crippen molar-refractivity contribution in [1.82, 2.24) is 4.90 Å². The van der Waals surface area contributed by atoms with E-state index in [-0.39, 0.29) is 5.92 Å². The second kappa shape index (κ2) is 8.24. The molecule has 2 fully saturated rings. The van der Waals surface area contributed by atoms with Crippen molar-refractivity contribution in [3.8, 4) is 5.75 Å². The van der Waals surface area contributed by atoms with Crippen LogP contribution in [-0.4, -0.2) is 36.9 Å². The maximum Gasteiger partial charge on any atom is 0.167 e. The average Bonchev–Trinajstić information content (AvgIpc) is 2.66. The van der Waals surface area contributed by atoms with Gasteiger partial charge in [0, 0.05) is 24.1 Å². The zero-order chi connectivity index (χ0) is 19.7. The lowest BCUT2D eigenvalue weighted by atomic mass is 9.75. The van der Waals surface area contributed by atoms with Crippen LogP contribution in [0.1, 0.15) is 56.3 Å². The van der Waals surface area contributed by atoms with Crippen molar-refractivity contribution in [2.24, 2.45) is 17.8 Å². The van der Waals surface area contributed by atoms with E-state index in [2.05, 4.69) is 36.9 Å². The van der Waals surface area contributed by atoms with E-state index in [9.17, 15) is 4.79 Å². The molecule has 28 heavy (non-hydrogen) atoms. The molecule has 3 heteroatoms. The lowest BCUT2D eigenvalue weighted by Crippen LogP contribution is -2.50. The average molecular weight is 380 g/mol. The lowest BCUT2D eigenvalue weighted by Gasteiger charge is -2.45. The van der Waals surface area contributed by atoms with Crippen LogP contribution in [0, 0.1) is 17.8 Å². The van der Waals surface area contributed by atoms with Crippen LogP contribution in [0.5, 0.6) is 5.75 Å². The third-order valence-electron chi connectivity index (χ3n) is 6.82. The number of fused-ring (bicyclic) bond motifs is 1. The van der Waals surface area contributed by atoms with Gasteiger partial charge in [-0.2, -0.15) is 0 Å². The first-order valence-corrected chi connectivity index (χ1v) is 10.9. The maximum absolute atomic E-state index is 13.6. The van der Waals surface area contributed by atoms with Gasteiger partial charge in [0.1, 0.15) is 5.75 Å². The summed E-state index contributed by atoms with van der Waals surface area (Å²) < 4.78 is 5.32. The Morgan fingerprint density at radius 1 is 1.11 bits per heavy atom. The van der Waals surface area contributed by atoms with Crippen molar-refractivity contribution in [2.45, 2.75) is 52.0 Å². The topological polar surface area (TPSA) is 29.5 Å². The Morgan fingerprint density at radius 2 is 1.86 bits per heavy atom. The summed E-state index contributed by atoms with van der Waals surface area (Å²) in [6.45, 7) is 6.68. The number of likely N-dealkylation sites (tertiary alicyclic amines) is 1. The van der Waals surface area contributed by atoms with E-state index in [4.69, 9.17) is 4.74 Å². The quantitative estimate of drug-likeness (QED) is 0.615. The SMILES string of the molecule is COc1ccc2cc(C(=O)C3CN(C4CCC4)CCC3CC(C)C)ccc2c1. The molecule has 1 saturated carbocycles. The van der Waals surface area contributed by atoms with Crippen molar-refractivity contribution in [2.75, 3.05) is 20.2 Å². The van der Waals surface area contributed by atoms with Crippen LogP contribution in [0.25, 0.3) is 10.8 Å². The highest BCUT2D eigenvalue weighted by Crippen LogP contribution is 2.36. The number of benzene rings is 2. The number of ether oxygens (including phenoxy) is 1. The number of carbonyl (C=O) groups excluding carboxylic acids is 1. The van der Waals surface area contributed by atoms with E-state index in [1.807, 2.05) is 18.2 Å². The van der Waals surface area contributed by atoms with E-state index >= 15 is 0 Å². The molecule has 1 aliphatic carbocycles. The molecule has 1 saturated heterocycles. The summed E-state index contributed by atoms with van der Waals surface area (Å²) >= 11 is 0. The fraction of sp³-hybridized carbons (Fsp3) is 0.560. The normalized spacial score (nSPS) is 23.7. The van der Waals surface area contributed by atoms with Gasteiger partial charge in [-0.05, 0) is 73.0 Å². The number of ketones is 1. The standard InChI is InChI=1S/C25H33NO2/c1-17(2)13-20-11-12-26(22-5-4-6-22)16-24(20)25(27)21-8-7-19-15-23(28-3)10-9-18(19)14-21/h7-10,14-15,17,20,22,24H,4-6,11-13,16H2,1-3H3. The van der Waals surface area contributed by atoms with Crippen molar-refractivity contribution >= 4 is 16.6 Å². The summed E-state index contributed by atoms with van der Waals surface area (Å²) in [7, 11) is 1.69. The minimum Gasteiger partial charge on any atom is -0.497 e. The molecule has 150 valence electrons. The van der Waals surface area contributed by atoms with E-state index in [0.29, 0.717) is 17.6 Å². The zero-order valence-electron chi connectivity index (χ0n) is 17.5. The van der Waals surface area contributed by atoms with Crippen LogP contribution in [0.2, 0.25) is 0 Å². The third-order valence-corrected chi connectivity index (χ3v) is 6.82. The van der Waals surface area contributed by atoms with Gasteiger partial charge in [-0.25, -0.2) is 0 Å². The van der Waals surface area contributed by atoms with Gasteiger partial charge < -0.3 is 4.74 Å². The second-order valence-corrected chi connectivity index (χ2v) is 9.16. The highest BCUT2D eigenvalue weighted by molar-refractivity contribution is 6.01. The molecule has 2 aromatic carbocycles. The van der Waals surface area contributed by atoms with Gasteiger partial charge in [-0.15, -0.1) is 0 Å². The van der Waals surface area contributed by atoms with Crippen LogP contribution in [0.15, 0.2) is 36.4 Å². The van der Waals surface area contributed by atoms with E-state index in [1.54, 1.807) is 7.11 Å². The highest BCUT2D eigenvalue weighted by Gasteiger charge is 2.38. The summed E-state index contributed by atoms with van der Waals surface area (Å²) in [6.07, 6.45) is 6.29. The molecule has 3 nitrogen and oxygen atoms in total. The van der Waals surface area contributed by atoms with Gasteiger partial charge >= 0.3 is 0 Å². The molecule has 4 rings (SSSR count). The third kappa shape index (κ3) is 3.96. The van der Waals surface area contributed by atoms with Crippen LogP contribution in [0.4, 0.5) is 0 Å². The Hall–Kier alpha value is -1.87. The Kier molecular flexibility index (Phi) is 5.73. The fourth-order valence-corrected chi connectivity index (χ4v) is 5.01. The monoisotopic (exact) mass is 379 g/mol. The van der Waals surface area contributed by atoms with E-state index in [1.165, 1.54) is 25.8 Å². The van der Waals surface area contributed by atoms with Gasteiger partial charge in [-0.3, -0.25) is 9.69 Å². The largest absolute Gasteiger partial charge is 0.497 e. The van der Waals surface area contributed by atoms with Crippen molar-refractivity contribution in [3.63, 3.8) is 0 Å². The van der Waals surface area contributed by atoms with Crippen molar-refractivity contribution < 1.29 is 9.53 Å². The highest BCUT2D eigenvalue weighted by atomic mass is 16.5. The molecule has 2 aliphatic rings. The summed E-state index contributed by atoms with van der Waals surface area (Å²) in [4.78, 5) is 16.2. The number of carbonyl (C=O) groups is 1. The molecular weight excluding hydrogens is 346 g/mol. The molecular formula is C25H33NO2. The molecule has 0 aromatic heterocycles. The predicted molar refractivity (Wildman–Crippen MR) is 115 cm³/mol. The van der Waals surface area contributed by atoms with Gasteiger partial charge in [0.05, 0.1) is 7.11 Å². The fourth-order valence-electron chi connectivity index (χ4n) is 5.01. The zero-order valence-corrected chi connectivity index (χ0v) is 17.5. The van der Waals surface area contributed by atoms with Crippen molar-refractivity contribution in [3.05, 3.63) is 42.0 Å². The van der Waals surface area contributed by atoms with Crippen molar-refractivity contribution in [1.29, 1.82) is 0 Å². The first-order chi connectivity index (χ1) is 13.5. The minimum atomic E-state index is 0.132. The number of methoxy groups -OCH3 is 1. The molecule has 0 N–H and O–H groups in total. The molecule has 0 bridgehead atoms. The summed E-state index contributed by atoms with van der Waals surface area (Å²) in [6, 6.07) is 12.9. The second-order valence-electron chi connectivity index (χ2n) is 9.16. The van der Waals surface area contributed by atoms with Gasteiger partial charge in [0.25, 0.3) is 0 Å². The van der Waals surface area contributed by atoms with Gasteiger partial charge in [0.15, 0.2) is 5.78 Å². The number of hydrogen-bond acceptors (Lipinski definition) is 3. The molecule has 1 heterocycles. The Bertz CT molecular complexity index is 840. The molecule has 2 aromatic rings. The van der Waals surface area contributed by atoms with Crippen LogP contribution < -0.4 is 4.74 Å². The summed E-state index contributed by atoms with van der Waals surface area (Å²) in [5.74, 6) is 2.47. The Labute approximate surface area is 169 Å². The summed E-state index contributed by atoms with van der Waals surface area (Å²) in [5, 5.41) is 2.23.